The van der Waals surface area contributed by atoms with Crippen molar-refractivity contribution in [3.63, 3.8) is 0 Å². The molecule has 0 aromatic carbocycles. The monoisotopic (exact) mass is 375 g/mol. The number of hydrogen-bond acceptors (Lipinski definition) is 8. The number of nitrogens with zero attached hydrogens (tertiary/aromatic N) is 4. The molecule has 0 aliphatic carbocycles. The third-order valence-electron chi connectivity index (χ3n) is 3.83. The molecule has 1 aliphatic heterocycles. The molecule has 2 atom stereocenters. The molecule has 1 aliphatic rings. The Hall–Kier alpha value is -2.66. The van der Waals surface area contributed by atoms with Crippen LogP contribution < -0.4 is 20.3 Å². The van der Waals surface area contributed by atoms with Crippen molar-refractivity contribution in [1.29, 1.82) is 5.53 Å². The van der Waals surface area contributed by atoms with Gasteiger partial charge < -0.3 is 20.3 Å². The van der Waals surface area contributed by atoms with Gasteiger partial charge in [0.15, 0.2) is 23.4 Å². The Morgan fingerprint density at radius 3 is 2.69 bits per heavy atom. The van der Waals surface area contributed by atoms with Crippen LogP contribution in [0.2, 0.25) is 0 Å². The van der Waals surface area contributed by atoms with Gasteiger partial charge in [-0.3, -0.25) is 4.79 Å². The molecule has 1 amide bonds. The van der Waals surface area contributed by atoms with Gasteiger partial charge in [0.2, 0.25) is 5.91 Å². The smallest absolute Gasteiger partial charge is 0.425 e. The number of carbonyl (C=O) groups excluding carboxylic acids is 1. The third-order valence-corrected chi connectivity index (χ3v) is 3.83. The number of hydrogen-bond donors (Lipinski definition) is 3. The second-order valence-corrected chi connectivity index (χ2v) is 5.82. The van der Waals surface area contributed by atoms with Gasteiger partial charge in [0.1, 0.15) is 0 Å². The zero-order valence-electron chi connectivity index (χ0n) is 14.5. The molecule has 12 heteroatoms. The van der Waals surface area contributed by atoms with Crippen LogP contribution in [0.15, 0.2) is 5.11 Å². The van der Waals surface area contributed by atoms with Crippen molar-refractivity contribution in [2.24, 2.45) is 5.11 Å². The Morgan fingerprint density at radius 2 is 2.15 bits per heavy atom. The second kappa shape index (κ2) is 7.70. The lowest BCUT2D eigenvalue weighted by Gasteiger charge is -2.22. The molecule has 0 bridgehead atoms. The van der Waals surface area contributed by atoms with E-state index in [4.69, 9.17) is 10.3 Å². The predicted octanol–water partition coefficient (Wildman–Crippen LogP) is 2.23. The van der Waals surface area contributed by atoms with E-state index in [2.05, 4.69) is 25.7 Å². The first-order valence-corrected chi connectivity index (χ1v) is 7.88. The van der Waals surface area contributed by atoms with Crippen LogP contribution in [0, 0.1) is 5.53 Å². The van der Waals surface area contributed by atoms with Gasteiger partial charge in [-0.2, -0.15) is 28.3 Å². The van der Waals surface area contributed by atoms with Crippen LogP contribution in [0.5, 0.6) is 6.01 Å². The van der Waals surface area contributed by atoms with Crippen molar-refractivity contribution < 1.29 is 22.7 Å². The summed E-state index contributed by atoms with van der Waals surface area (Å²) in [5.74, 6) is 0.0813. The van der Waals surface area contributed by atoms with Crippen LogP contribution >= 0.6 is 0 Å². The molecule has 1 aromatic heterocycles. The SMILES string of the molecule is CNc1nc(O[C@@H](C)C(F)(F)F)nc(N2CC[C@H](NC(C)=O)C2)c1N=N. The normalized spacial score (nSPS) is 18.4. The maximum Gasteiger partial charge on any atom is 0.425 e. The molecule has 2 heterocycles. The second-order valence-electron chi connectivity index (χ2n) is 5.82. The first kappa shape index (κ1) is 19.7. The summed E-state index contributed by atoms with van der Waals surface area (Å²) >= 11 is 0. The van der Waals surface area contributed by atoms with Gasteiger partial charge in [-0.1, -0.05) is 0 Å². The van der Waals surface area contributed by atoms with Crippen molar-refractivity contribution in [2.75, 3.05) is 30.4 Å². The van der Waals surface area contributed by atoms with Crippen LogP contribution in [-0.4, -0.2) is 54.3 Å². The largest absolute Gasteiger partial charge is 0.451 e. The quantitative estimate of drug-likeness (QED) is 0.657. The fraction of sp³-hybridized carbons (Fsp3) is 0.643. The molecule has 0 saturated carbocycles. The van der Waals surface area contributed by atoms with Gasteiger partial charge in [0.25, 0.3) is 0 Å². The summed E-state index contributed by atoms with van der Waals surface area (Å²) in [7, 11) is 1.50. The van der Waals surface area contributed by atoms with Gasteiger partial charge in [-0.15, -0.1) is 0 Å². The van der Waals surface area contributed by atoms with Gasteiger partial charge in [0.05, 0.1) is 0 Å². The van der Waals surface area contributed by atoms with Gasteiger partial charge in [-0.05, 0) is 13.3 Å². The summed E-state index contributed by atoms with van der Waals surface area (Å²) in [6.45, 7) is 3.13. The van der Waals surface area contributed by atoms with Crippen molar-refractivity contribution in [3.8, 4) is 6.01 Å². The summed E-state index contributed by atoms with van der Waals surface area (Å²) in [5.41, 5.74) is 7.44. The summed E-state index contributed by atoms with van der Waals surface area (Å²) in [5, 5.41) is 8.86. The van der Waals surface area contributed by atoms with Crippen molar-refractivity contribution in [2.45, 2.75) is 38.6 Å². The number of alkyl halides is 3. The number of aromatic nitrogens is 2. The number of halogens is 3. The molecular weight excluding hydrogens is 355 g/mol. The topological polar surface area (TPSA) is 116 Å². The van der Waals surface area contributed by atoms with Crippen molar-refractivity contribution in [1.82, 2.24) is 15.3 Å². The fourth-order valence-electron chi connectivity index (χ4n) is 2.56. The molecule has 1 aromatic rings. The van der Waals surface area contributed by atoms with E-state index in [0.29, 0.717) is 19.5 Å². The van der Waals surface area contributed by atoms with Crippen LogP contribution in [0.25, 0.3) is 0 Å². The standard InChI is InChI=1S/C14H20F3N7O2/c1-7(14(15,16)17)26-13-21-11(19-3)10(23-18)12(22-13)24-5-4-9(6-24)20-8(2)25/h7,9,18H,4-6H2,1-3H3,(H,20,25)(H,19,21,22)/t7-,9-/m0/s1. The van der Waals surface area contributed by atoms with Crippen LogP contribution in [-0.2, 0) is 4.79 Å². The molecule has 1 saturated heterocycles. The first-order valence-electron chi connectivity index (χ1n) is 7.88. The van der Waals surface area contributed by atoms with Crippen molar-refractivity contribution in [3.05, 3.63) is 0 Å². The summed E-state index contributed by atoms with van der Waals surface area (Å²) < 4.78 is 43.1. The van der Waals surface area contributed by atoms with E-state index in [-0.39, 0.29) is 29.3 Å². The summed E-state index contributed by atoms with van der Waals surface area (Å²) in [6.07, 6.45) is -6.03. The average Bonchev–Trinajstić information content (AvgIpc) is 3.00. The maximum absolute atomic E-state index is 12.7. The molecular formula is C14H20F3N7O2. The zero-order chi connectivity index (χ0) is 19.5. The van der Waals surface area contributed by atoms with E-state index in [1.807, 2.05) is 0 Å². The molecule has 1 fully saturated rings. The minimum absolute atomic E-state index is 0.0809. The maximum atomic E-state index is 12.7. The third kappa shape index (κ3) is 4.49. The van der Waals surface area contributed by atoms with Gasteiger partial charge >= 0.3 is 12.2 Å². The molecule has 144 valence electrons. The molecule has 2 rings (SSSR count). The van der Waals surface area contributed by atoms with E-state index in [9.17, 15) is 18.0 Å². The summed E-state index contributed by atoms with van der Waals surface area (Å²) in [6, 6.07) is -0.595. The highest BCUT2D eigenvalue weighted by atomic mass is 19.4. The van der Waals surface area contributed by atoms with E-state index in [1.165, 1.54) is 14.0 Å². The number of rotatable bonds is 6. The number of nitrogens with one attached hydrogen (secondary N) is 3. The van der Waals surface area contributed by atoms with Crippen LogP contribution in [0.1, 0.15) is 20.3 Å². The van der Waals surface area contributed by atoms with E-state index in [0.717, 1.165) is 6.92 Å². The van der Waals surface area contributed by atoms with Crippen molar-refractivity contribution >= 4 is 23.2 Å². The van der Waals surface area contributed by atoms with Gasteiger partial charge in [-0.25, -0.2) is 5.53 Å². The molecule has 9 nitrogen and oxygen atoms in total. The van der Waals surface area contributed by atoms with E-state index >= 15 is 0 Å². The lowest BCUT2D eigenvalue weighted by atomic mass is 10.2. The predicted molar refractivity (Wildman–Crippen MR) is 87.0 cm³/mol. The highest BCUT2D eigenvalue weighted by Gasteiger charge is 2.39. The minimum atomic E-state index is -4.56. The number of anilines is 2. The number of amides is 1. The lowest BCUT2D eigenvalue weighted by Crippen LogP contribution is -2.36. The molecule has 0 unspecified atom stereocenters. The fourth-order valence-corrected chi connectivity index (χ4v) is 2.56. The molecule has 3 N–H and O–H groups in total. The number of carbonyl (C=O) groups is 1. The van der Waals surface area contributed by atoms with Crippen LogP contribution in [0.3, 0.4) is 0 Å². The minimum Gasteiger partial charge on any atom is -0.451 e. The number of ether oxygens (including phenoxy) is 1. The molecule has 0 spiro atoms. The van der Waals surface area contributed by atoms with E-state index < -0.39 is 18.3 Å². The highest BCUT2D eigenvalue weighted by molar-refractivity contribution is 5.76. The highest BCUT2D eigenvalue weighted by Crippen LogP contribution is 2.37. The summed E-state index contributed by atoms with van der Waals surface area (Å²) in [4.78, 5) is 20.8. The van der Waals surface area contributed by atoms with Crippen LogP contribution in [0.4, 0.5) is 30.5 Å². The zero-order valence-corrected chi connectivity index (χ0v) is 14.5. The first-order chi connectivity index (χ1) is 12.2. The Labute approximate surface area is 147 Å². The van der Waals surface area contributed by atoms with E-state index in [1.54, 1.807) is 4.90 Å². The molecule has 0 radical (unpaired) electrons. The Kier molecular flexibility index (Phi) is 5.83. The lowest BCUT2D eigenvalue weighted by molar-refractivity contribution is -0.190. The average molecular weight is 375 g/mol. The Balaban J connectivity index is 2.33. The Morgan fingerprint density at radius 1 is 1.46 bits per heavy atom. The Bertz CT molecular complexity index is 683. The molecule has 26 heavy (non-hydrogen) atoms. The van der Waals surface area contributed by atoms with Gasteiger partial charge in [0, 0.05) is 33.1 Å².